The topological polar surface area (TPSA) is 85.6 Å². The summed E-state index contributed by atoms with van der Waals surface area (Å²) in [7, 11) is 1.80. The maximum Gasteiger partial charge on any atom is 0.282 e. The molecule has 4 rings (SSSR count). The summed E-state index contributed by atoms with van der Waals surface area (Å²) in [6.45, 7) is 2.09. The fourth-order valence-corrected chi connectivity index (χ4v) is 4.13. The molecule has 0 saturated carbocycles. The molecule has 11 heteroatoms. The Bertz CT molecular complexity index is 1290. The van der Waals surface area contributed by atoms with E-state index in [1.54, 1.807) is 30.1 Å². The van der Waals surface area contributed by atoms with Crippen LogP contribution in [0.15, 0.2) is 48.8 Å². The summed E-state index contributed by atoms with van der Waals surface area (Å²) in [5, 5.41) is 15.4. The largest absolute Gasteiger partial charge is 0.349 e. The van der Waals surface area contributed by atoms with Crippen molar-refractivity contribution in [1.29, 1.82) is 0 Å². The van der Waals surface area contributed by atoms with Crippen LogP contribution in [0.4, 0.5) is 8.78 Å². The average Bonchev–Trinajstić information content (AvgIpc) is 3.41. The van der Waals surface area contributed by atoms with Gasteiger partial charge < -0.3 is 5.32 Å². The Kier molecular flexibility index (Phi) is 5.98. The molecule has 0 spiro atoms. The molecule has 1 aromatic carbocycles. The Morgan fingerprint density at radius 3 is 2.75 bits per heavy atom. The highest BCUT2D eigenvalue weighted by Gasteiger charge is 2.33. The highest BCUT2D eigenvalue weighted by Crippen LogP contribution is 2.31. The molecule has 0 aliphatic heterocycles. The van der Waals surface area contributed by atoms with E-state index in [-0.39, 0.29) is 22.1 Å². The van der Waals surface area contributed by atoms with Crippen molar-refractivity contribution in [2.45, 2.75) is 12.3 Å². The number of halogens is 3. The van der Waals surface area contributed by atoms with Gasteiger partial charge in [-0.25, -0.2) is 13.8 Å². The van der Waals surface area contributed by atoms with Crippen LogP contribution in [0.3, 0.4) is 0 Å². The summed E-state index contributed by atoms with van der Waals surface area (Å²) in [5.74, 6) is -1.95. The van der Waals surface area contributed by atoms with Crippen LogP contribution < -0.4 is 5.32 Å². The van der Waals surface area contributed by atoms with Crippen LogP contribution in [0, 0.1) is 11.6 Å². The van der Waals surface area contributed by atoms with E-state index < -0.39 is 23.0 Å². The second-order valence-electron chi connectivity index (χ2n) is 7.30. The van der Waals surface area contributed by atoms with Gasteiger partial charge in [0.25, 0.3) is 5.91 Å². The van der Waals surface area contributed by atoms with Gasteiger partial charge in [0.05, 0.1) is 17.3 Å². The predicted octanol–water partition coefficient (Wildman–Crippen LogP) is 4.00. The zero-order valence-corrected chi connectivity index (χ0v) is 18.6. The van der Waals surface area contributed by atoms with Gasteiger partial charge in [0.2, 0.25) is 5.01 Å². The summed E-state index contributed by atoms with van der Waals surface area (Å²) in [6.07, 6.45) is 3.55. The third kappa shape index (κ3) is 4.37. The Hall–Kier alpha value is -3.24. The molecule has 1 atom stereocenters. The fraction of sp³-hybridized carbons (Fsp3) is 0.190. The van der Waals surface area contributed by atoms with E-state index in [9.17, 15) is 13.6 Å². The van der Waals surface area contributed by atoms with Gasteiger partial charge in [-0.1, -0.05) is 29.0 Å². The van der Waals surface area contributed by atoms with Crippen LogP contribution >= 0.6 is 22.9 Å². The number of hydrogen-bond donors (Lipinski definition) is 1. The van der Waals surface area contributed by atoms with Gasteiger partial charge in [-0.15, -0.1) is 10.2 Å². The average molecular weight is 475 g/mol. The quantitative estimate of drug-likeness (QED) is 0.427. The van der Waals surface area contributed by atoms with Crippen LogP contribution in [0.25, 0.3) is 10.6 Å². The van der Waals surface area contributed by atoms with Crippen molar-refractivity contribution in [2.24, 2.45) is 7.05 Å². The van der Waals surface area contributed by atoms with Crippen molar-refractivity contribution >= 4 is 28.8 Å². The molecular weight excluding hydrogens is 458 g/mol. The van der Waals surface area contributed by atoms with Gasteiger partial charge in [0, 0.05) is 37.0 Å². The zero-order valence-electron chi connectivity index (χ0n) is 17.0. The van der Waals surface area contributed by atoms with E-state index in [2.05, 4.69) is 25.6 Å². The van der Waals surface area contributed by atoms with Gasteiger partial charge in [-0.2, -0.15) is 5.10 Å². The molecule has 4 aromatic rings. The summed E-state index contributed by atoms with van der Waals surface area (Å²) in [6, 6.07) is 8.42. The molecule has 3 aromatic heterocycles. The number of carbonyl (C=O) groups excluding carboxylic acids is 1. The zero-order chi connectivity index (χ0) is 22.9. The highest BCUT2D eigenvalue weighted by atomic mass is 35.5. The molecule has 164 valence electrons. The molecule has 1 amide bonds. The van der Waals surface area contributed by atoms with Crippen LogP contribution in [-0.4, -0.2) is 37.4 Å². The lowest BCUT2D eigenvalue weighted by atomic mass is 9.80. The van der Waals surface area contributed by atoms with Crippen molar-refractivity contribution < 1.29 is 13.6 Å². The Morgan fingerprint density at radius 1 is 1.25 bits per heavy atom. The first-order chi connectivity index (χ1) is 15.3. The molecular formula is C21H17ClF2N6OS. The molecule has 0 bridgehead atoms. The van der Waals surface area contributed by atoms with Gasteiger partial charge in [0.15, 0.2) is 5.01 Å². The van der Waals surface area contributed by atoms with Gasteiger partial charge >= 0.3 is 0 Å². The van der Waals surface area contributed by atoms with Crippen LogP contribution in [0.5, 0.6) is 0 Å². The fourth-order valence-electron chi connectivity index (χ4n) is 3.18. The molecule has 1 N–H and O–H groups in total. The second-order valence-corrected chi connectivity index (χ2v) is 8.66. The lowest BCUT2D eigenvalue weighted by Gasteiger charge is -2.28. The highest BCUT2D eigenvalue weighted by molar-refractivity contribution is 7.16. The molecule has 3 heterocycles. The first-order valence-corrected chi connectivity index (χ1v) is 10.6. The van der Waals surface area contributed by atoms with Crippen molar-refractivity contribution in [1.82, 2.24) is 30.3 Å². The lowest BCUT2D eigenvalue weighted by molar-refractivity contribution is 0.0946. The normalized spacial score (nSPS) is 13.0. The number of nitrogens with one attached hydrogen (secondary N) is 1. The number of nitrogens with zero attached hydrogens (tertiary/aromatic N) is 5. The van der Waals surface area contributed by atoms with E-state index in [1.807, 2.05) is 19.2 Å². The summed E-state index contributed by atoms with van der Waals surface area (Å²) >= 11 is 7.01. The van der Waals surface area contributed by atoms with Crippen molar-refractivity contribution in [2.75, 3.05) is 6.54 Å². The number of amides is 1. The minimum absolute atomic E-state index is 0.0521. The maximum atomic E-state index is 14.0. The minimum atomic E-state index is -0.774. The number of benzene rings is 1. The monoisotopic (exact) mass is 474 g/mol. The number of rotatable bonds is 6. The van der Waals surface area contributed by atoms with Gasteiger partial charge in [-0.3, -0.25) is 9.48 Å². The molecule has 7 nitrogen and oxygen atoms in total. The van der Waals surface area contributed by atoms with E-state index >= 15 is 0 Å². The van der Waals surface area contributed by atoms with E-state index in [1.165, 1.54) is 6.07 Å². The maximum absolute atomic E-state index is 14.0. The Morgan fingerprint density at radius 2 is 2.06 bits per heavy atom. The number of aryl methyl sites for hydroxylation is 1. The third-order valence-corrected chi connectivity index (χ3v) is 6.17. The molecule has 32 heavy (non-hydrogen) atoms. The Balaban J connectivity index is 1.58. The first-order valence-electron chi connectivity index (χ1n) is 9.45. The van der Waals surface area contributed by atoms with E-state index in [0.717, 1.165) is 29.0 Å². The van der Waals surface area contributed by atoms with E-state index in [4.69, 9.17) is 11.6 Å². The molecule has 0 fully saturated rings. The molecule has 0 aliphatic rings. The van der Waals surface area contributed by atoms with Crippen LogP contribution in [0.2, 0.25) is 5.15 Å². The van der Waals surface area contributed by atoms with Gasteiger partial charge in [0.1, 0.15) is 16.8 Å². The molecule has 0 radical (unpaired) electrons. The summed E-state index contributed by atoms with van der Waals surface area (Å²) in [5.41, 5.74) is 0.836. The minimum Gasteiger partial charge on any atom is -0.349 e. The summed E-state index contributed by atoms with van der Waals surface area (Å²) < 4.78 is 28.9. The van der Waals surface area contributed by atoms with Crippen molar-refractivity contribution in [3.63, 3.8) is 0 Å². The van der Waals surface area contributed by atoms with Crippen LogP contribution in [0.1, 0.15) is 28.0 Å². The smallest absolute Gasteiger partial charge is 0.282 e. The lowest BCUT2D eigenvalue weighted by Crippen LogP contribution is -2.40. The van der Waals surface area contributed by atoms with Crippen LogP contribution in [-0.2, 0) is 12.5 Å². The van der Waals surface area contributed by atoms with Gasteiger partial charge in [-0.05, 0) is 31.2 Å². The Labute approximate surface area is 191 Å². The molecule has 0 unspecified atom stereocenters. The van der Waals surface area contributed by atoms with Crippen molar-refractivity contribution in [3.8, 4) is 10.6 Å². The van der Waals surface area contributed by atoms with E-state index in [0.29, 0.717) is 10.8 Å². The number of aromatic nitrogens is 5. The molecule has 0 aliphatic carbocycles. The number of pyridine rings is 1. The number of hydrogen-bond acceptors (Lipinski definition) is 6. The number of carbonyl (C=O) groups is 1. The first kappa shape index (κ1) is 22.0. The standard InChI is InChI=1S/C21H17ClF2N6OS/c1-21(12-9-26-30(2)10-12,16-4-3-5-17(22)27-16)11-25-18(31)20-29-28-19(32-20)14-7-6-13(23)8-15(14)24/h3-10H,11H2,1-2H3,(H,25,31)/t21-/m1/s1. The SMILES string of the molecule is Cn1cc([C@@](C)(CNC(=O)c2nnc(-c3ccc(F)cc3F)s2)c2cccc(Cl)n2)cn1. The molecule has 0 saturated heterocycles. The van der Waals surface area contributed by atoms with Crippen molar-refractivity contribution in [3.05, 3.63) is 81.8 Å². The summed E-state index contributed by atoms with van der Waals surface area (Å²) in [4.78, 5) is 17.2. The third-order valence-electron chi connectivity index (χ3n) is 5.01. The predicted molar refractivity (Wildman–Crippen MR) is 117 cm³/mol. The second kappa shape index (κ2) is 8.71.